The van der Waals surface area contributed by atoms with Gasteiger partial charge in [-0.1, -0.05) is 0 Å². The molecule has 2 aliphatic rings. The van der Waals surface area contributed by atoms with Gasteiger partial charge in [-0.3, -0.25) is 9.59 Å². The number of piperazine rings is 1. The zero-order valence-electron chi connectivity index (χ0n) is 15.0. The standard InChI is InChI=1S/C19H26FN3O2.ClH/c20-17-5-3-15(4-6-17)19(25)16-2-1-10-22(14-16)11-7-18(24)23-12-8-21-9-13-23;/h3-6,16,21H,1-2,7-14H2;1H. The molecule has 1 unspecified atom stereocenters. The van der Waals surface area contributed by atoms with Crippen LogP contribution in [0.4, 0.5) is 4.39 Å². The molecule has 2 aliphatic heterocycles. The van der Waals surface area contributed by atoms with Crippen LogP contribution in [0.1, 0.15) is 29.6 Å². The highest BCUT2D eigenvalue weighted by Gasteiger charge is 2.27. The number of halogens is 2. The van der Waals surface area contributed by atoms with Crippen LogP contribution in [0, 0.1) is 11.7 Å². The fourth-order valence-electron chi connectivity index (χ4n) is 3.65. The highest BCUT2D eigenvalue weighted by atomic mass is 35.5. The van der Waals surface area contributed by atoms with Crippen LogP contribution in [0.25, 0.3) is 0 Å². The van der Waals surface area contributed by atoms with Crippen LogP contribution < -0.4 is 5.32 Å². The summed E-state index contributed by atoms with van der Waals surface area (Å²) in [4.78, 5) is 29.0. The molecule has 26 heavy (non-hydrogen) atoms. The smallest absolute Gasteiger partial charge is 0.223 e. The Labute approximate surface area is 160 Å². The predicted molar refractivity (Wildman–Crippen MR) is 101 cm³/mol. The molecule has 0 spiro atoms. The van der Waals surface area contributed by atoms with Crippen LogP contribution in [0.2, 0.25) is 0 Å². The van der Waals surface area contributed by atoms with Crippen molar-refractivity contribution in [3.63, 3.8) is 0 Å². The summed E-state index contributed by atoms with van der Waals surface area (Å²) in [5, 5.41) is 3.25. The first kappa shape index (κ1) is 20.8. The summed E-state index contributed by atoms with van der Waals surface area (Å²) >= 11 is 0. The second-order valence-corrected chi connectivity index (χ2v) is 6.89. The summed E-state index contributed by atoms with van der Waals surface area (Å²) in [6, 6.07) is 5.79. The Bertz CT molecular complexity index is 605. The van der Waals surface area contributed by atoms with Gasteiger partial charge in [-0.25, -0.2) is 4.39 Å². The minimum Gasteiger partial charge on any atom is -0.340 e. The highest BCUT2D eigenvalue weighted by Crippen LogP contribution is 2.21. The average molecular weight is 384 g/mol. The topological polar surface area (TPSA) is 52.7 Å². The van der Waals surface area contributed by atoms with Gasteiger partial charge in [0.05, 0.1) is 0 Å². The summed E-state index contributed by atoms with van der Waals surface area (Å²) in [6.45, 7) is 5.62. The largest absolute Gasteiger partial charge is 0.340 e. The van der Waals surface area contributed by atoms with Crippen LogP contribution in [0.15, 0.2) is 24.3 Å². The molecule has 0 bridgehead atoms. The molecule has 2 saturated heterocycles. The molecule has 1 aromatic carbocycles. The van der Waals surface area contributed by atoms with Crippen molar-refractivity contribution in [1.29, 1.82) is 0 Å². The number of benzene rings is 1. The van der Waals surface area contributed by atoms with Gasteiger partial charge in [0.2, 0.25) is 5.91 Å². The van der Waals surface area contributed by atoms with Crippen LogP contribution in [0.5, 0.6) is 0 Å². The molecule has 2 fully saturated rings. The Kier molecular flexibility index (Phi) is 8.00. The summed E-state index contributed by atoms with van der Waals surface area (Å²) in [6.07, 6.45) is 2.33. The Morgan fingerprint density at radius 2 is 1.81 bits per heavy atom. The number of carbonyl (C=O) groups is 2. The van der Waals surface area contributed by atoms with Gasteiger partial charge in [0, 0.05) is 57.2 Å². The molecular formula is C19H27ClFN3O2. The second kappa shape index (κ2) is 10.00. The number of hydrogen-bond acceptors (Lipinski definition) is 4. The minimum absolute atomic E-state index is 0. The van der Waals surface area contributed by atoms with E-state index in [1.165, 1.54) is 12.1 Å². The number of piperidine rings is 1. The Hall–Kier alpha value is -1.50. The van der Waals surface area contributed by atoms with Crippen molar-refractivity contribution in [2.45, 2.75) is 19.3 Å². The SMILES string of the molecule is Cl.O=C(c1ccc(F)cc1)C1CCCN(CCC(=O)N2CCNCC2)C1. The maximum absolute atomic E-state index is 13.0. The fourth-order valence-corrected chi connectivity index (χ4v) is 3.65. The van der Waals surface area contributed by atoms with Gasteiger partial charge in [-0.2, -0.15) is 0 Å². The second-order valence-electron chi connectivity index (χ2n) is 6.89. The van der Waals surface area contributed by atoms with Gasteiger partial charge in [0.15, 0.2) is 5.78 Å². The quantitative estimate of drug-likeness (QED) is 0.790. The third-order valence-corrected chi connectivity index (χ3v) is 5.12. The summed E-state index contributed by atoms with van der Waals surface area (Å²) < 4.78 is 13.0. The lowest BCUT2D eigenvalue weighted by Gasteiger charge is -2.33. The van der Waals surface area contributed by atoms with E-state index in [9.17, 15) is 14.0 Å². The van der Waals surface area contributed by atoms with E-state index in [0.29, 0.717) is 25.1 Å². The van der Waals surface area contributed by atoms with E-state index in [-0.39, 0.29) is 35.8 Å². The predicted octanol–water partition coefficient (Wildman–Crippen LogP) is 1.96. The van der Waals surface area contributed by atoms with Gasteiger partial charge >= 0.3 is 0 Å². The first-order valence-corrected chi connectivity index (χ1v) is 9.14. The Morgan fingerprint density at radius 1 is 1.12 bits per heavy atom. The molecular weight excluding hydrogens is 357 g/mol. The molecule has 0 aliphatic carbocycles. The van der Waals surface area contributed by atoms with E-state index in [1.807, 2.05) is 4.90 Å². The molecule has 0 saturated carbocycles. The lowest BCUT2D eigenvalue weighted by Crippen LogP contribution is -2.47. The number of ketones is 1. The molecule has 3 rings (SSSR count). The zero-order valence-corrected chi connectivity index (χ0v) is 15.8. The lowest BCUT2D eigenvalue weighted by molar-refractivity contribution is -0.132. The van der Waals surface area contributed by atoms with E-state index in [1.54, 1.807) is 12.1 Å². The number of likely N-dealkylation sites (tertiary alicyclic amines) is 1. The highest BCUT2D eigenvalue weighted by molar-refractivity contribution is 5.98. The molecule has 1 aromatic rings. The van der Waals surface area contributed by atoms with Gasteiger partial charge in [0.1, 0.15) is 5.82 Å². The molecule has 0 radical (unpaired) electrons. The normalized spacial score (nSPS) is 21.1. The maximum atomic E-state index is 13.0. The van der Waals surface area contributed by atoms with Gasteiger partial charge < -0.3 is 15.1 Å². The van der Waals surface area contributed by atoms with E-state index < -0.39 is 0 Å². The molecule has 2 heterocycles. The van der Waals surface area contributed by atoms with Crippen LogP contribution >= 0.6 is 12.4 Å². The van der Waals surface area contributed by atoms with Crippen molar-refractivity contribution in [3.8, 4) is 0 Å². The lowest BCUT2D eigenvalue weighted by atomic mass is 9.90. The molecule has 5 nitrogen and oxygen atoms in total. The minimum atomic E-state index is -0.326. The summed E-state index contributed by atoms with van der Waals surface area (Å²) in [5.41, 5.74) is 0.574. The molecule has 1 amide bonds. The van der Waals surface area contributed by atoms with Crippen LogP contribution in [-0.2, 0) is 4.79 Å². The van der Waals surface area contributed by atoms with E-state index >= 15 is 0 Å². The first-order valence-electron chi connectivity index (χ1n) is 9.14. The zero-order chi connectivity index (χ0) is 17.6. The molecule has 7 heteroatoms. The molecule has 1 atom stereocenters. The number of carbonyl (C=O) groups excluding carboxylic acids is 2. The van der Waals surface area contributed by atoms with Crippen molar-refractivity contribution >= 4 is 24.1 Å². The number of hydrogen-bond donors (Lipinski definition) is 1. The van der Waals surface area contributed by atoms with Crippen molar-refractivity contribution in [1.82, 2.24) is 15.1 Å². The van der Waals surface area contributed by atoms with Gasteiger partial charge in [-0.05, 0) is 43.7 Å². The average Bonchev–Trinajstić information content (AvgIpc) is 2.67. The third kappa shape index (κ3) is 5.50. The van der Waals surface area contributed by atoms with Crippen LogP contribution in [0.3, 0.4) is 0 Å². The first-order chi connectivity index (χ1) is 12.1. The molecule has 144 valence electrons. The fraction of sp³-hybridized carbons (Fsp3) is 0.579. The summed E-state index contributed by atoms with van der Waals surface area (Å²) in [7, 11) is 0. The van der Waals surface area contributed by atoms with Crippen molar-refractivity contribution in [2.75, 3.05) is 45.8 Å². The number of rotatable bonds is 5. The van der Waals surface area contributed by atoms with Crippen LogP contribution in [-0.4, -0.2) is 67.3 Å². The number of Topliss-reactive ketones (excluding diaryl/α,β-unsaturated/α-hetero) is 1. The Balaban J connectivity index is 0.00000243. The molecule has 1 N–H and O–H groups in total. The number of nitrogens with one attached hydrogen (secondary N) is 1. The number of nitrogens with zero attached hydrogens (tertiary/aromatic N) is 2. The summed E-state index contributed by atoms with van der Waals surface area (Å²) in [5.74, 6) is -0.103. The maximum Gasteiger partial charge on any atom is 0.223 e. The van der Waals surface area contributed by atoms with Crippen molar-refractivity contribution in [2.24, 2.45) is 5.92 Å². The Morgan fingerprint density at radius 3 is 2.50 bits per heavy atom. The van der Waals surface area contributed by atoms with E-state index in [0.717, 1.165) is 45.6 Å². The third-order valence-electron chi connectivity index (χ3n) is 5.12. The molecule has 0 aromatic heterocycles. The monoisotopic (exact) mass is 383 g/mol. The number of amides is 1. The van der Waals surface area contributed by atoms with E-state index in [4.69, 9.17) is 0 Å². The van der Waals surface area contributed by atoms with E-state index in [2.05, 4.69) is 10.2 Å². The van der Waals surface area contributed by atoms with Crippen molar-refractivity contribution in [3.05, 3.63) is 35.6 Å². The van der Waals surface area contributed by atoms with Gasteiger partial charge in [-0.15, -0.1) is 12.4 Å². The van der Waals surface area contributed by atoms with Gasteiger partial charge in [0.25, 0.3) is 0 Å². The van der Waals surface area contributed by atoms with Crippen molar-refractivity contribution < 1.29 is 14.0 Å².